The lowest BCUT2D eigenvalue weighted by Crippen LogP contribution is -2.49. The highest BCUT2D eigenvalue weighted by Gasteiger charge is 2.55. The van der Waals surface area contributed by atoms with E-state index in [4.69, 9.17) is 0 Å². The Morgan fingerprint density at radius 2 is 1.88 bits per heavy atom. The minimum absolute atomic E-state index is 0.0281. The number of nitrogens with one attached hydrogen (secondary N) is 1. The van der Waals surface area contributed by atoms with Gasteiger partial charge in [-0.15, -0.1) is 0 Å². The van der Waals surface area contributed by atoms with Crippen LogP contribution in [0, 0.1) is 23.2 Å². The summed E-state index contributed by atoms with van der Waals surface area (Å²) in [7, 11) is 0. The zero-order valence-electron chi connectivity index (χ0n) is 14.6. The van der Waals surface area contributed by atoms with Gasteiger partial charge in [0.15, 0.2) is 0 Å². The second-order valence-electron chi connectivity index (χ2n) is 8.42. The van der Waals surface area contributed by atoms with Crippen molar-refractivity contribution >= 4 is 11.9 Å². The van der Waals surface area contributed by atoms with Crippen LogP contribution >= 0.6 is 0 Å². The van der Waals surface area contributed by atoms with Gasteiger partial charge in [0.05, 0.1) is 11.3 Å². The fourth-order valence-corrected chi connectivity index (χ4v) is 5.65. The van der Waals surface area contributed by atoms with Crippen LogP contribution in [0.2, 0.25) is 0 Å². The van der Waals surface area contributed by atoms with Crippen molar-refractivity contribution in [1.82, 2.24) is 5.32 Å². The maximum absolute atomic E-state index is 13.3. The highest BCUT2D eigenvalue weighted by Crippen LogP contribution is 2.57. The lowest BCUT2D eigenvalue weighted by molar-refractivity contribution is -0.142. The Morgan fingerprint density at radius 3 is 2.48 bits per heavy atom. The van der Waals surface area contributed by atoms with Gasteiger partial charge in [-0.2, -0.15) is 0 Å². The maximum Gasteiger partial charge on any atom is 0.306 e. The van der Waals surface area contributed by atoms with Crippen LogP contribution in [0.1, 0.15) is 50.5 Å². The van der Waals surface area contributed by atoms with E-state index in [9.17, 15) is 14.7 Å². The van der Waals surface area contributed by atoms with Crippen LogP contribution in [0.15, 0.2) is 30.3 Å². The molecule has 3 saturated carbocycles. The molecule has 3 aliphatic rings. The van der Waals surface area contributed by atoms with Crippen molar-refractivity contribution in [3.8, 4) is 0 Å². The number of carboxylic acid groups (broad SMARTS) is 1. The van der Waals surface area contributed by atoms with Crippen molar-refractivity contribution in [1.29, 1.82) is 0 Å². The molecule has 134 valence electrons. The Balaban J connectivity index is 1.51. The average molecular weight is 341 g/mol. The van der Waals surface area contributed by atoms with E-state index in [1.165, 1.54) is 18.4 Å². The molecule has 0 aromatic heterocycles. The molecule has 25 heavy (non-hydrogen) atoms. The molecule has 0 aliphatic heterocycles. The van der Waals surface area contributed by atoms with Gasteiger partial charge in [0.1, 0.15) is 0 Å². The number of carbonyl (C=O) groups excluding carboxylic acids is 1. The van der Waals surface area contributed by atoms with Crippen molar-refractivity contribution < 1.29 is 14.7 Å². The predicted molar refractivity (Wildman–Crippen MR) is 94.9 cm³/mol. The largest absolute Gasteiger partial charge is 0.481 e. The number of hydrogen-bond acceptors (Lipinski definition) is 2. The molecule has 1 amide bonds. The molecule has 4 nitrogen and oxygen atoms in total. The van der Waals surface area contributed by atoms with Crippen molar-refractivity contribution in [3.05, 3.63) is 35.9 Å². The third-order valence-electron chi connectivity index (χ3n) is 6.91. The summed E-state index contributed by atoms with van der Waals surface area (Å²) in [4.78, 5) is 24.5. The van der Waals surface area contributed by atoms with Crippen LogP contribution in [-0.4, -0.2) is 23.0 Å². The molecule has 0 saturated heterocycles. The number of amides is 1. The number of carbonyl (C=O) groups is 2. The van der Waals surface area contributed by atoms with Gasteiger partial charge in [0, 0.05) is 6.04 Å². The van der Waals surface area contributed by atoms with Gasteiger partial charge >= 0.3 is 5.97 Å². The molecule has 3 aliphatic carbocycles. The molecular formula is C21H27NO3. The van der Waals surface area contributed by atoms with E-state index in [-0.39, 0.29) is 23.3 Å². The molecule has 1 aromatic rings. The molecule has 1 aromatic carbocycles. The van der Waals surface area contributed by atoms with Crippen LogP contribution in [0.3, 0.4) is 0 Å². The minimum atomic E-state index is -0.726. The summed E-state index contributed by atoms with van der Waals surface area (Å²) < 4.78 is 0. The first-order valence-electron chi connectivity index (χ1n) is 9.64. The van der Waals surface area contributed by atoms with Gasteiger partial charge in [0.2, 0.25) is 5.91 Å². The van der Waals surface area contributed by atoms with Crippen LogP contribution in [0.25, 0.3) is 0 Å². The number of fused-ring (bicyclic) bond motifs is 2. The number of aliphatic carboxylic acids is 1. The van der Waals surface area contributed by atoms with Crippen molar-refractivity contribution in [3.63, 3.8) is 0 Å². The molecule has 0 spiro atoms. The molecule has 5 atom stereocenters. The summed E-state index contributed by atoms with van der Waals surface area (Å²) in [5, 5.41) is 12.4. The lowest BCUT2D eigenvalue weighted by Gasteiger charge is -2.37. The monoisotopic (exact) mass is 341 g/mol. The van der Waals surface area contributed by atoms with E-state index in [0.29, 0.717) is 24.7 Å². The third kappa shape index (κ3) is 3.07. The number of benzene rings is 1. The molecule has 3 unspecified atom stereocenters. The number of carboxylic acids is 1. The van der Waals surface area contributed by atoms with Crippen LogP contribution in [0.4, 0.5) is 0 Å². The van der Waals surface area contributed by atoms with E-state index >= 15 is 0 Å². The Hall–Kier alpha value is -1.84. The van der Waals surface area contributed by atoms with Crippen molar-refractivity contribution in [2.24, 2.45) is 23.2 Å². The van der Waals surface area contributed by atoms with E-state index in [1.807, 2.05) is 18.2 Å². The first-order chi connectivity index (χ1) is 12.1. The first kappa shape index (κ1) is 16.6. The smallest absolute Gasteiger partial charge is 0.306 e. The molecule has 0 heterocycles. The summed E-state index contributed by atoms with van der Waals surface area (Å²) in [6, 6.07) is 10.4. The normalized spacial score (nSPS) is 36.5. The second kappa shape index (κ2) is 6.47. The zero-order chi connectivity index (χ0) is 17.4. The van der Waals surface area contributed by atoms with Gasteiger partial charge in [-0.3, -0.25) is 9.59 Å². The van der Waals surface area contributed by atoms with Crippen LogP contribution in [0.5, 0.6) is 0 Å². The van der Waals surface area contributed by atoms with Gasteiger partial charge in [0.25, 0.3) is 0 Å². The number of hydrogen-bond donors (Lipinski definition) is 2. The Labute approximate surface area is 149 Å². The van der Waals surface area contributed by atoms with E-state index < -0.39 is 5.97 Å². The number of rotatable bonds is 5. The Kier molecular flexibility index (Phi) is 4.30. The zero-order valence-corrected chi connectivity index (χ0v) is 14.6. The predicted octanol–water partition coefficient (Wildman–Crippen LogP) is 3.41. The molecule has 3 fully saturated rings. The van der Waals surface area contributed by atoms with E-state index in [0.717, 1.165) is 25.7 Å². The van der Waals surface area contributed by atoms with E-state index in [1.54, 1.807) is 0 Å². The Bertz CT molecular complexity index is 658. The molecular weight excluding hydrogens is 314 g/mol. The summed E-state index contributed by atoms with van der Waals surface area (Å²) in [5.41, 5.74) is 0.950. The van der Waals surface area contributed by atoms with E-state index in [2.05, 4.69) is 17.4 Å². The first-order valence-corrected chi connectivity index (χ1v) is 9.64. The maximum atomic E-state index is 13.3. The SMILES string of the molecule is O=C(O)[C@H]1CC[C@@H](NC(=O)C2(Cc3ccccc3)CC3CCC2C3)C1. The highest BCUT2D eigenvalue weighted by molar-refractivity contribution is 5.84. The van der Waals surface area contributed by atoms with Crippen LogP contribution < -0.4 is 5.32 Å². The summed E-state index contributed by atoms with van der Waals surface area (Å²) in [6.07, 6.45) is 7.46. The molecule has 4 heteroatoms. The quantitative estimate of drug-likeness (QED) is 0.862. The summed E-state index contributed by atoms with van der Waals surface area (Å²) in [5.74, 6) is 0.329. The summed E-state index contributed by atoms with van der Waals surface area (Å²) >= 11 is 0. The second-order valence-corrected chi connectivity index (χ2v) is 8.42. The molecule has 2 bridgehead atoms. The minimum Gasteiger partial charge on any atom is -0.481 e. The fourth-order valence-electron chi connectivity index (χ4n) is 5.65. The van der Waals surface area contributed by atoms with Gasteiger partial charge < -0.3 is 10.4 Å². The Morgan fingerprint density at radius 1 is 1.08 bits per heavy atom. The van der Waals surface area contributed by atoms with Gasteiger partial charge in [-0.25, -0.2) is 0 Å². The molecule has 4 rings (SSSR count). The highest BCUT2D eigenvalue weighted by atomic mass is 16.4. The standard InChI is InChI=1S/C21H27NO3/c23-19(24)16-7-9-18(11-16)22-20(25)21(12-14-4-2-1-3-5-14)13-15-6-8-17(21)10-15/h1-5,15-18H,6-13H2,(H,22,25)(H,23,24)/t15?,16-,17?,18+,21?/m0/s1. The lowest BCUT2D eigenvalue weighted by atomic mass is 9.68. The van der Waals surface area contributed by atoms with Crippen molar-refractivity contribution in [2.75, 3.05) is 0 Å². The third-order valence-corrected chi connectivity index (χ3v) is 6.91. The van der Waals surface area contributed by atoms with Crippen LogP contribution in [-0.2, 0) is 16.0 Å². The average Bonchev–Trinajstić information content (AvgIpc) is 3.31. The van der Waals surface area contributed by atoms with Gasteiger partial charge in [-0.1, -0.05) is 36.8 Å². The topological polar surface area (TPSA) is 66.4 Å². The molecule has 2 N–H and O–H groups in total. The summed E-state index contributed by atoms with van der Waals surface area (Å²) in [6.45, 7) is 0. The molecule has 0 radical (unpaired) electrons. The fraction of sp³-hybridized carbons (Fsp3) is 0.619. The van der Waals surface area contributed by atoms with Gasteiger partial charge in [-0.05, 0) is 62.3 Å². The van der Waals surface area contributed by atoms with Crippen molar-refractivity contribution in [2.45, 2.75) is 57.4 Å².